The molecule has 140 valence electrons. The molecule has 1 heterocycles. The first-order chi connectivity index (χ1) is 12.0. The van der Waals surface area contributed by atoms with E-state index in [9.17, 15) is 5.11 Å². The van der Waals surface area contributed by atoms with E-state index in [1.165, 1.54) is 0 Å². The minimum atomic E-state index is -0.615. The third-order valence-electron chi connectivity index (χ3n) is 3.92. The van der Waals surface area contributed by atoms with Crippen LogP contribution in [0.5, 0.6) is 0 Å². The lowest BCUT2D eigenvalue weighted by Crippen LogP contribution is -2.33. The molecule has 25 heavy (non-hydrogen) atoms. The maximum Gasteiger partial charge on any atom is 0.180 e. The minimum Gasteiger partial charge on any atom is -0.394 e. The molecule has 9 heteroatoms. The van der Waals surface area contributed by atoms with Gasteiger partial charge in [0.15, 0.2) is 5.84 Å². The van der Waals surface area contributed by atoms with E-state index < -0.39 is 6.10 Å². The number of rotatable bonds is 8. The standard InChI is InChI=1S/C16H25ClN4O3S/c1-4-7-25-11(3)18-16-15(10(2)17)19-20-21(16)12-8-13(23)14(9-12)24-6-5-22/h12-14,22-23H,3-9H2,1-2H3/b15-10-,18-16+/t12?,13-,14?/m0/s1. The molecular weight excluding hydrogens is 364 g/mol. The molecule has 0 aromatic heterocycles. The van der Waals surface area contributed by atoms with Crippen LogP contribution in [0.4, 0.5) is 0 Å². The van der Waals surface area contributed by atoms with Gasteiger partial charge in [-0.2, -0.15) is 0 Å². The highest BCUT2D eigenvalue weighted by molar-refractivity contribution is 8.03. The Morgan fingerprint density at radius 2 is 2.28 bits per heavy atom. The van der Waals surface area contributed by atoms with E-state index in [-0.39, 0.29) is 25.4 Å². The van der Waals surface area contributed by atoms with Gasteiger partial charge in [0.05, 0.1) is 36.5 Å². The highest BCUT2D eigenvalue weighted by Gasteiger charge is 2.41. The molecule has 3 atom stereocenters. The molecule has 0 saturated heterocycles. The SMILES string of the molecule is C=C(/N=C1\C(=C(/C)Cl)N=NN1C1CC(OCCO)[C@@H](O)C1)SCCC. The largest absolute Gasteiger partial charge is 0.394 e. The predicted octanol–water partition coefficient (Wildman–Crippen LogP) is 3.05. The van der Waals surface area contributed by atoms with Crippen molar-refractivity contribution in [3.05, 3.63) is 22.3 Å². The van der Waals surface area contributed by atoms with Crippen molar-refractivity contribution in [3.8, 4) is 0 Å². The molecule has 0 spiro atoms. The average Bonchev–Trinajstić information content (AvgIpc) is 3.14. The molecule has 1 aliphatic carbocycles. The number of nitrogens with zero attached hydrogens (tertiary/aromatic N) is 4. The monoisotopic (exact) mass is 388 g/mol. The Morgan fingerprint density at radius 3 is 2.92 bits per heavy atom. The number of hydrogen-bond acceptors (Lipinski definition) is 7. The number of thioether (sulfide) groups is 1. The Bertz CT molecular complexity index is 578. The van der Waals surface area contributed by atoms with Gasteiger partial charge in [-0.25, -0.2) is 10.0 Å². The van der Waals surface area contributed by atoms with Gasteiger partial charge in [0.1, 0.15) is 5.70 Å². The fourth-order valence-corrected chi connectivity index (χ4v) is 3.48. The first-order valence-corrected chi connectivity index (χ1v) is 9.72. The Hall–Kier alpha value is -0.930. The summed E-state index contributed by atoms with van der Waals surface area (Å²) in [5, 5.41) is 30.3. The van der Waals surface area contributed by atoms with Crippen LogP contribution in [0.1, 0.15) is 33.1 Å². The van der Waals surface area contributed by atoms with Gasteiger partial charge < -0.3 is 14.9 Å². The summed E-state index contributed by atoms with van der Waals surface area (Å²) in [4.78, 5) is 4.57. The lowest BCUT2D eigenvalue weighted by molar-refractivity contribution is -0.0304. The van der Waals surface area contributed by atoms with Crippen LogP contribution in [-0.4, -0.2) is 58.3 Å². The zero-order chi connectivity index (χ0) is 18.4. The zero-order valence-electron chi connectivity index (χ0n) is 14.6. The summed E-state index contributed by atoms with van der Waals surface area (Å²) >= 11 is 7.72. The van der Waals surface area contributed by atoms with Crippen LogP contribution in [0.15, 0.2) is 37.7 Å². The van der Waals surface area contributed by atoms with E-state index in [1.54, 1.807) is 23.7 Å². The second-order valence-corrected chi connectivity index (χ2v) is 7.65. The first kappa shape index (κ1) is 20.4. The van der Waals surface area contributed by atoms with Crippen LogP contribution in [0.25, 0.3) is 0 Å². The maximum absolute atomic E-state index is 10.2. The van der Waals surface area contributed by atoms with Crippen LogP contribution in [0, 0.1) is 0 Å². The summed E-state index contributed by atoms with van der Waals surface area (Å²) in [6.45, 7) is 7.95. The van der Waals surface area contributed by atoms with Crippen molar-refractivity contribution in [2.45, 2.75) is 51.4 Å². The van der Waals surface area contributed by atoms with Crippen molar-refractivity contribution in [1.82, 2.24) is 5.01 Å². The minimum absolute atomic E-state index is 0.0726. The molecule has 1 fully saturated rings. The number of amidine groups is 1. The van der Waals surface area contributed by atoms with E-state index in [1.807, 2.05) is 0 Å². The number of aliphatic hydroxyl groups excluding tert-OH is 2. The molecule has 2 unspecified atom stereocenters. The average molecular weight is 389 g/mol. The highest BCUT2D eigenvalue weighted by Crippen LogP contribution is 2.33. The van der Waals surface area contributed by atoms with Gasteiger partial charge in [0, 0.05) is 5.03 Å². The van der Waals surface area contributed by atoms with Crippen molar-refractivity contribution >= 4 is 29.2 Å². The molecule has 0 bridgehead atoms. The summed E-state index contributed by atoms with van der Waals surface area (Å²) in [5.41, 5.74) is 0.522. The quantitative estimate of drug-likeness (QED) is 0.666. The van der Waals surface area contributed by atoms with Crippen LogP contribution < -0.4 is 0 Å². The normalized spacial score (nSPS) is 29.7. The second kappa shape index (κ2) is 9.68. The van der Waals surface area contributed by atoms with Gasteiger partial charge in [-0.15, -0.1) is 16.9 Å². The molecule has 0 aromatic carbocycles. The fraction of sp³-hybridized carbons (Fsp3) is 0.688. The Labute approximate surface area is 157 Å². The molecule has 1 aliphatic heterocycles. The molecule has 7 nitrogen and oxygen atoms in total. The Balaban J connectivity index is 2.16. The number of hydrogen-bond donors (Lipinski definition) is 2. The van der Waals surface area contributed by atoms with Crippen LogP contribution >= 0.6 is 23.4 Å². The van der Waals surface area contributed by atoms with Gasteiger partial charge in [0.2, 0.25) is 0 Å². The molecule has 0 radical (unpaired) electrons. The van der Waals surface area contributed by atoms with Crippen LogP contribution in [0.3, 0.4) is 0 Å². The molecule has 0 aromatic rings. The van der Waals surface area contributed by atoms with Crippen molar-refractivity contribution in [3.63, 3.8) is 0 Å². The van der Waals surface area contributed by atoms with Crippen molar-refractivity contribution in [2.24, 2.45) is 15.3 Å². The summed E-state index contributed by atoms with van der Waals surface area (Å²) in [5.74, 6) is 1.49. The molecule has 1 saturated carbocycles. The van der Waals surface area contributed by atoms with E-state index in [0.29, 0.717) is 34.4 Å². The third-order valence-corrected chi connectivity index (χ3v) is 5.13. The van der Waals surface area contributed by atoms with Gasteiger partial charge in [-0.3, -0.25) is 0 Å². The fourth-order valence-electron chi connectivity index (χ4n) is 2.77. The topological polar surface area (TPSA) is 90.0 Å². The smallest absolute Gasteiger partial charge is 0.180 e. The Kier molecular flexibility index (Phi) is 7.89. The van der Waals surface area contributed by atoms with Crippen molar-refractivity contribution in [2.75, 3.05) is 19.0 Å². The molecule has 2 rings (SSSR count). The van der Waals surface area contributed by atoms with E-state index in [4.69, 9.17) is 21.4 Å². The summed E-state index contributed by atoms with van der Waals surface area (Å²) in [7, 11) is 0. The number of allylic oxidation sites excluding steroid dienone is 1. The summed E-state index contributed by atoms with van der Waals surface area (Å²) < 4.78 is 5.50. The van der Waals surface area contributed by atoms with Crippen molar-refractivity contribution in [1.29, 1.82) is 0 Å². The lowest BCUT2D eigenvalue weighted by atomic mass is 10.2. The highest BCUT2D eigenvalue weighted by atomic mass is 35.5. The number of halogens is 1. The zero-order valence-corrected chi connectivity index (χ0v) is 16.1. The van der Waals surface area contributed by atoms with E-state index in [0.717, 1.165) is 12.2 Å². The molecule has 0 amide bonds. The van der Waals surface area contributed by atoms with Gasteiger partial charge in [-0.1, -0.05) is 30.3 Å². The molecular formula is C16H25ClN4O3S. The second-order valence-electron chi connectivity index (χ2n) is 5.92. The van der Waals surface area contributed by atoms with Crippen LogP contribution in [0.2, 0.25) is 0 Å². The number of ether oxygens (including phenoxy) is 1. The lowest BCUT2D eigenvalue weighted by Gasteiger charge is -2.21. The first-order valence-electron chi connectivity index (χ1n) is 8.36. The maximum atomic E-state index is 10.2. The summed E-state index contributed by atoms with van der Waals surface area (Å²) in [6.07, 6.45) is 1.13. The Morgan fingerprint density at radius 1 is 1.52 bits per heavy atom. The third kappa shape index (κ3) is 5.27. The summed E-state index contributed by atoms with van der Waals surface area (Å²) in [6, 6.07) is -0.0984. The molecule has 2 aliphatic rings. The molecule has 2 N–H and O–H groups in total. The van der Waals surface area contributed by atoms with Crippen LogP contribution in [-0.2, 0) is 4.74 Å². The van der Waals surface area contributed by atoms with Gasteiger partial charge >= 0.3 is 0 Å². The van der Waals surface area contributed by atoms with Gasteiger partial charge in [-0.05, 0) is 31.9 Å². The number of aliphatic imine (C=N–C) groups is 1. The van der Waals surface area contributed by atoms with Crippen molar-refractivity contribution < 1.29 is 14.9 Å². The number of aliphatic hydroxyl groups is 2. The van der Waals surface area contributed by atoms with E-state index in [2.05, 4.69) is 28.8 Å². The van der Waals surface area contributed by atoms with Gasteiger partial charge in [0.25, 0.3) is 0 Å². The predicted molar refractivity (Wildman–Crippen MR) is 100 cm³/mol. The van der Waals surface area contributed by atoms with E-state index >= 15 is 0 Å².